The van der Waals surface area contributed by atoms with Gasteiger partial charge in [-0.05, 0) is 45.7 Å². The Hall–Kier alpha value is -1.01. The van der Waals surface area contributed by atoms with Gasteiger partial charge in [0.15, 0.2) is 0 Å². The van der Waals surface area contributed by atoms with E-state index in [0.717, 1.165) is 45.2 Å². The van der Waals surface area contributed by atoms with Crippen LogP contribution in [0.4, 0.5) is 0 Å². The van der Waals surface area contributed by atoms with E-state index >= 15 is 0 Å². The van der Waals surface area contributed by atoms with Gasteiger partial charge >= 0.3 is 0 Å². The number of rotatable bonds is 5. The lowest BCUT2D eigenvalue weighted by Crippen LogP contribution is -2.52. The molecule has 0 unspecified atom stereocenters. The van der Waals surface area contributed by atoms with Gasteiger partial charge < -0.3 is 10.6 Å². The molecule has 1 aliphatic heterocycles. The fourth-order valence-corrected chi connectivity index (χ4v) is 2.02. The van der Waals surface area contributed by atoms with Crippen molar-refractivity contribution in [2.45, 2.75) is 51.0 Å². The van der Waals surface area contributed by atoms with E-state index in [1.165, 1.54) is 0 Å². The topological polar surface area (TPSA) is 41.1 Å². The molecule has 0 bridgehead atoms. The first-order valence-corrected chi connectivity index (χ1v) is 6.11. The van der Waals surface area contributed by atoms with Gasteiger partial charge in [0, 0.05) is 18.4 Å². The number of amides is 1. The van der Waals surface area contributed by atoms with E-state index < -0.39 is 0 Å². The van der Waals surface area contributed by atoms with Gasteiger partial charge in [-0.2, -0.15) is 0 Å². The molecule has 90 valence electrons. The lowest BCUT2D eigenvalue weighted by molar-refractivity contribution is -0.123. The third-order valence-corrected chi connectivity index (χ3v) is 3.12. The Kier molecular flexibility index (Phi) is 5.34. The monoisotopic (exact) mass is 222 g/mol. The summed E-state index contributed by atoms with van der Waals surface area (Å²) >= 11 is 0. The van der Waals surface area contributed by atoms with Crippen molar-refractivity contribution in [2.75, 3.05) is 13.1 Å². The van der Waals surface area contributed by atoms with Gasteiger partial charge in [0.2, 0.25) is 5.91 Å². The van der Waals surface area contributed by atoms with Crippen molar-refractivity contribution in [2.24, 2.45) is 0 Å². The minimum atomic E-state index is -0.00551. The predicted molar refractivity (Wildman–Crippen MR) is 66.0 cm³/mol. The smallest absolute Gasteiger partial charge is 0.220 e. The molecule has 0 saturated carbocycles. The SMILES string of the molecule is C#CCCCCC(=O)NC1(C)CCNCC1. The fraction of sp³-hybridized carbons (Fsp3) is 0.769. The second kappa shape index (κ2) is 6.55. The average molecular weight is 222 g/mol. The summed E-state index contributed by atoms with van der Waals surface area (Å²) in [5.74, 6) is 2.76. The van der Waals surface area contributed by atoms with Crippen LogP contribution >= 0.6 is 0 Å². The van der Waals surface area contributed by atoms with E-state index in [2.05, 4.69) is 23.5 Å². The Morgan fingerprint density at radius 3 is 2.75 bits per heavy atom. The molecule has 1 amide bonds. The second-order valence-corrected chi connectivity index (χ2v) is 4.77. The van der Waals surface area contributed by atoms with E-state index in [0.29, 0.717) is 6.42 Å². The maximum atomic E-state index is 11.7. The summed E-state index contributed by atoms with van der Waals surface area (Å²) in [6.45, 7) is 4.12. The van der Waals surface area contributed by atoms with E-state index in [1.807, 2.05) is 0 Å². The first-order valence-electron chi connectivity index (χ1n) is 6.11. The van der Waals surface area contributed by atoms with Crippen molar-refractivity contribution in [3.63, 3.8) is 0 Å². The molecule has 3 heteroatoms. The molecule has 1 heterocycles. The van der Waals surface area contributed by atoms with Crippen molar-refractivity contribution in [1.29, 1.82) is 0 Å². The highest BCUT2D eigenvalue weighted by Crippen LogP contribution is 2.17. The zero-order valence-corrected chi connectivity index (χ0v) is 10.1. The van der Waals surface area contributed by atoms with Crippen LogP contribution in [-0.4, -0.2) is 24.5 Å². The molecule has 1 fully saturated rings. The van der Waals surface area contributed by atoms with Gasteiger partial charge in [-0.15, -0.1) is 12.3 Å². The molecule has 1 rings (SSSR count). The van der Waals surface area contributed by atoms with Crippen LogP contribution in [0.15, 0.2) is 0 Å². The Morgan fingerprint density at radius 2 is 2.12 bits per heavy atom. The van der Waals surface area contributed by atoms with Gasteiger partial charge in [-0.25, -0.2) is 0 Å². The molecule has 1 aliphatic rings. The standard InChI is InChI=1S/C13H22N2O/c1-3-4-5-6-7-12(16)15-13(2)8-10-14-11-9-13/h1,14H,4-11H2,2H3,(H,15,16). The first kappa shape index (κ1) is 13.1. The summed E-state index contributed by atoms with van der Waals surface area (Å²) in [5, 5.41) is 6.44. The van der Waals surface area contributed by atoms with Crippen LogP contribution in [-0.2, 0) is 4.79 Å². The summed E-state index contributed by atoms with van der Waals surface area (Å²) in [4.78, 5) is 11.7. The van der Waals surface area contributed by atoms with Crippen LogP contribution in [0, 0.1) is 12.3 Å². The van der Waals surface area contributed by atoms with Crippen LogP contribution in [0.2, 0.25) is 0 Å². The zero-order chi connectivity index (χ0) is 11.9. The van der Waals surface area contributed by atoms with Crippen molar-refractivity contribution < 1.29 is 4.79 Å². The number of hydrogen-bond acceptors (Lipinski definition) is 2. The molecule has 0 aromatic carbocycles. The predicted octanol–water partition coefficient (Wildman–Crippen LogP) is 1.44. The molecule has 3 nitrogen and oxygen atoms in total. The number of nitrogens with one attached hydrogen (secondary N) is 2. The molecular weight excluding hydrogens is 200 g/mol. The molecular formula is C13H22N2O. The van der Waals surface area contributed by atoms with E-state index in [1.54, 1.807) is 0 Å². The van der Waals surface area contributed by atoms with Crippen LogP contribution in [0.1, 0.15) is 45.4 Å². The average Bonchev–Trinajstić information content (AvgIpc) is 2.25. The van der Waals surface area contributed by atoms with E-state index in [9.17, 15) is 4.79 Å². The molecule has 0 spiro atoms. The number of hydrogen-bond donors (Lipinski definition) is 2. The normalized spacial score (nSPS) is 18.8. The van der Waals surface area contributed by atoms with Crippen LogP contribution < -0.4 is 10.6 Å². The molecule has 0 radical (unpaired) electrons. The van der Waals surface area contributed by atoms with Crippen LogP contribution in [0.5, 0.6) is 0 Å². The van der Waals surface area contributed by atoms with Gasteiger partial charge in [0.25, 0.3) is 0 Å². The Bertz CT molecular complexity index is 262. The highest BCUT2D eigenvalue weighted by Gasteiger charge is 2.27. The molecule has 0 aromatic heterocycles. The van der Waals surface area contributed by atoms with Gasteiger partial charge in [-0.1, -0.05) is 0 Å². The minimum absolute atomic E-state index is 0.00551. The Morgan fingerprint density at radius 1 is 1.44 bits per heavy atom. The van der Waals surface area contributed by atoms with Crippen molar-refractivity contribution in [3.05, 3.63) is 0 Å². The molecule has 16 heavy (non-hydrogen) atoms. The van der Waals surface area contributed by atoms with Crippen molar-refractivity contribution in [1.82, 2.24) is 10.6 Å². The molecule has 0 aromatic rings. The minimum Gasteiger partial charge on any atom is -0.351 e. The largest absolute Gasteiger partial charge is 0.351 e. The number of piperidine rings is 1. The number of carbonyl (C=O) groups excluding carboxylic acids is 1. The third-order valence-electron chi connectivity index (χ3n) is 3.12. The first-order chi connectivity index (χ1) is 7.66. The number of carbonyl (C=O) groups is 1. The van der Waals surface area contributed by atoms with Crippen molar-refractivity contribution in [3.8, 4) is 12.3 Å². The lowest BCUT2D eigenvalue weighted by Gasteiger charge is -2.35. The zero-order valence-electron chi connectivity index (χ0n) is 10.1. The summed E-state index contributed by atoms with van der Waals surface area (Å²) in [6, 6.07) is 0. The molecule has 0 aliphatic carbocycles. The second-order valence-electron chi connectivity index (χ2n) is 4.77. The molecule has 0 atom stereocenters. The van der Waals surface area contributed by atoms with Crippen molar-refractivity contribution >= 4 is 5.91 Å². The summed E-state index contributed by atoms with van der Waals surface area (Å²) in [6.07, 6.45) is 10.4. The van der Waals surface area contributed by atoms with Crippen LogP contribution in [0.3, 0.4) is 0 Å². The molecule has 2 N–H and O–H groups in total. The van der Waals surface area contributed by atoms with Gasteiger partial charge in [0.1, 0.15) is 0 Å². The molecule has 1 saturated heterocycles. The fourth-order valence-electron chi connectivity index (χ4n) is 2.02. The maximum absolute atomic E-state index is 11.7. The highest BCUT2D eigenvalue weighted by molar-refractivity contribution is 5.76. The van der Waals surface area contributed by atoms with E-state index in [-0.39, 0.29) is 11.4 Å². The maximum Gasteiger partial charge on any atom is 0.220 e. The van der Waals surface area contributed by atoms with Gasteiger partial charge in [-0.3, -0.25) is 4.79 Å². The number of unbranched alkanes of at least 4 members (excludes halogenated alkanes) is 2. The van der Waals surface area contributed by atoms with Crippen LogP contribution in [0.25, 0.3) is 0 Å². The van der Waals surface area contributed by atoms with E-state index in [4.69, 9.17) is 6.42 Å². The Balaban J connectivity index is 2.20. The Labute approximate surface area is 98.4 Å². The summed E-state index contributed by atoms with van der Waals surface area (Å²) in [7, 11) is 0. The van der Waals surface area contributed by atoms with Gasteiger partial charge in [0.05, 0.1) is 0 Å². The third kappa shape index (κ3) is 4.67. The summed E-state index contributed by atoms with van der Waals surface area (Å²) in [5.41, 5.74) is -0.00551. The number of terminal acetylenes is 1. The quantitative estimate of drug-likeness (QED) is 0.546. The summed E-state index contributed by atoms with van der Waals surface area (Å²) < 4.78 is 0. The highest BCUT2D eigenvalue weighted by atomic mass is 16.1. The lowest BCUT2D eigenvalue weighted by atomic mass is 9.90.